The van der Waals surface area contributed by atoms with Crippen LogP contribution in [0.4, 0.5) is 0 Å². The maximum absolute atomic E-state index is 10.2. The van der Waals surface area contributed by atoms with Crippen LogP contribution in [0.3, 0.4) is 0 Å². The van der Waals surface area contributed by atoms with Crippen molar-refractivity contribution < 1.29 is 14.7 Å². The van der Waals surface area contributed by atoms with Gasteiger partial charge in [-0.2, -0.15) is 0 Å². The Morgan fingerprint density at radius 3 is 2.43 bits per heavy atom. The van der Waals surface area contributed by atoms with Gasteiger partial charge in [0.25, 0.3) is 0 Å². The molecule has 0 amide bonds. The SMILES string of the molecule is CCCC[NH+](CC)C[C@@H](O)COc1ccc(C(C)(C)C)cc1C. The molecule has 23 heavy (non-hydrogen) atoms. The first-order valence-corrected chi connectivity index (χ1v) is 9.03. The summed E-state index contributed by atoms with van der Waals surface area (Å²) in [5, 5.41) is 10.2. The van der Waals surface area contributed by atoms with Gasteiger partial charge in [0.15, 0.2) is 0 Å². The van der Waals surface area contributed by atoms with Crippen molar-refractivity contribution >= 4 is 0 Å². The fraction of sp³-hybridized carbons (Fsp3) is 0.700. The Hall–Kier alpha value is -1.06. The van der Waals surface area contributed by atoms with Gasteiger partial charge in [-0.05, 0) is 42.9 Å². The average Bonchev–Trinajstić information content (AvgIpc) is 2.49. The monoisotopic (exact) mass is 322 g/mol. The molecule has 3 nitrogen and oxygen atoms in total. The number of aliphatic hydroxyl groups is 1. The lowest BCUT2D eigenvalue weighted by Gasteiger charge is -2.22. The molecule has 0 aliphatic heterocycles. The minimum atomic E-state index is -0.413. The van der Waals surface area contributed by atoms with Crippen LogP contribution in [0.25, 0.3) is 0 Å². The summed E-state index contributed by atoms with van der Waals surface area (Å²) in [4.78, 5) is 1.45. The van der Waals surface area contributed by atoms with Crippen LogP contribution in [0, 0.1) is 6.92 Å². The molecule has 0 heterocycles. The smallest absolute Gasteiger partial charge is 0.137 e. The van der Waals surface area contributed by atoms with E-state index in [9.17, 15) is 5.11 Å². The molecular formula is C20H36NO2+. The number of hydrogen-bond donors (Lipinski definition) is 2. The molecule has 1 aromatic rings. The zero-order chi connectivity index (χ0) is 17.5. The molecule has 0 fully saturated rings. The third-order valence-corrected chi connectivity index (χ3v) is 4.38. The first kappa shape index (κ1) is 20.0. The molecular weight excluding hydrogens is 286 g/mol. The molecule has 0 aromatic heterocycles. The van der Waals surface area contributed by atoms with Crippen LogP contribution in [0.1, 0.15) is 58.6 Å². The van der Waals surface area contributed by atoms with Gasteiger partial charge in [0.2, 0.25) is 0 Å². The highest BCUT2D eigenvalue weighted by molar-refractivity contribution is 5.38. The molecule has 1 rings (SSSR count). The van der Waals surface area contributed by atoms with Crippen LogP contribution >= 0.6 is 0 Å². The van der Waals surface area contributed by atoms with Crippen LogP contribution < -0.4 is 9.64 Å². The minimum absolute atomic E-state index is 0.146. The van der Waals surface area contributed by atoms with Crippen molar-refractivity contribution in [3.63, 3.8) is 0 Å². The van der Waals surface area contributed by atoms with Crippen molar-refractivity contribution in [1.29, 1.82) is 0 Å². The number of likely N-dealkylation sites (N-methyl/N-ethyl adjacent to an activating group) is 1. The molecule has 0 aliphatic carbocycles. The fourth-order valence-electron chi connectivity index (χ4n) is 2.71. The Balaban J connectivity index is 2.54. The van der Waals surface area contributed by atoms with E-state index in [-0.39, 0.29) is 5.41 Å². The Kier molecular flexibility index (Phi) is 8.07. The van der Waals surface area contributed by atoms with Gasteiger partial charge in [0, 0.05) is 0 Å². The van der Waals surface area contributed by atoms with E-state index in [1.165, 1.54) is 23.3 Å². The maximum atomic E-state index is 10.2. The second-order valence-electron chi connectivity index (χ2n) is 7.61. The molecule has 0 saturated heterocycles. The Morgan fingerprint density at radius 1 is 1.22 bits per heavy atom. The van der Waals surface area contributed by atoms with Gasteiger partial charge >= 0.3 is 0 Å². The van der Waals surface area contributed by atoms with Crippen LogP contribution in [-0.2, 0) is 5.41 Å². The number of quaternary nitrogens is 1. The number of unbranched alkanes of at least 4 members (excludes halogenated alkanes) is 1. The molecule has 2 atom stereocenters. The lowest BCUT2D eigenvalue weighted by atomic mass is 9.86. The van der Waals surface area contributed by atoms with E-state index in [0.29, 0.717) is 6.61 Å². The van der Waals surface area contributed by atoms with Crippen LogP contribution in [0.15, 0.2) is 18.2 Å². The number of aliphatic hydroxyl groups excluding tert-OH is 1. The molecule has 0 aliphatic rings. The topological polar surface area (TPSA) is 33.9 Å². The summed E-state index contributed by atoms with van der Waals surface area (Å²) in [5.74, 6) is 0.878. The molecule has 3 heteroatoms. The van der Waals surface area contributed by atoms with E-state index in [1.54, 1.807) is 0 Å². The fourth-order valence-corrected chi connectivity index (χ4v) is 2.71. The normalized spacial score (nSPS) is 14.6. The van der Waals surface area contributed by atoms with Gasteiger partial charge in [0.1, 0.15) is 25.0 Å². The summed E-state index contributed by atoms with van der Waals surface area (Å²) in [6, 6.07) is 6.34. The lowest BCUT2D eigenvalue weighted by molar-refractivity contribution is -0.901. The van der Waals surface area contributed by atoms with Crippen LogP contribution in [0.2, 0.25) is 0 Å². The average molecular weight is 323 g/mol. The van der Waals surface area contributed by atoms with E-state index < -0.39 is 6.10 Å². The van der Waals surface area contributed by atoms with Gasteiger partial charge in [0.05, 0.1) is 13.1 Å². The predicted molar refractivity (Wildman–Crippen MR) is 97.5 cm³/mol. The lowest BCUT2D eigenvalue weighted by Crippen LogP contribution is -3.13. The summed E-state index contributed by atoms with van der Waals surface area (Å²) >= 11 is 0. The molecule has 0 saturated carbocycles. The summed E-state index contributed by atoms with van der Waals surface area (Å²) < 4.78 is 5.85. The van der Waals surface area contributed by atoms with Crippen molar-refractivity contribution in [2.24, 2.45) is 0 Å². The number of rotatable bonds is 9. The zero-order valence-corrected chi connectivity index (χ0v) is 15.9. The zero-order valence-electron chi connectivity index (χ0n) is 15.9. The van der Waals surface area contributed by atoms with E-state index in [0.717, 1.165) is 30.9 Å². The molecule has 0 bridgehead atoms. The number of aryl methyl sites for hydroxylation is 1. The molecule has 1 aromatic carbocycles. The molecule has 2 N–H and O–H groups in total. The molecule has 0 radical (unpaired) electrons. The third-order valence-electron chi connectivity index (χ3n) is 4.38. The highest BCUT2D eigenvalue weighted by Crippen LogP contribution is 2.27. The van der Waals surface area contributed by atoms with Crippen LogP contribution in [-0.4, -0.2) is 37.5 Å². The highest BCUT2D eigenvalue weighted by Gasteiger charge is 2.17. The van der Waals surface area contributed by atoms with Gasteiger partial charge in [-0.15, -0.1) is 0 Å². The van der Waals surface area contributed by atoms with Crippen LogP contribution in [0.5, 0.6) is 5.75 Å². The van der Waals surface area contributed by atoms with E-state index >= 15 is 0 Å². The quantitative estimate of drug-likeness (QED) is 0.733. The van der Waals surface area contributed by atoms with Gasteiger partial charge in [-0.1, -0.05) is 46.2 Å². The van der Waals surface area contributed by atoms with Gasteiger partial charge in [-0.3, -0.25) is 0 Å². The highest BCUT2D eigenvalue weighted by atomic mass is 16.5. The second-order valence-corrected chi connectivity index (χ2v) is 7.61. The number of ether oxygens (including phenoxy) is 1. The molecule has 132 valence electrons. The first-order chi connectivity index (χ1) is 10.8. The molecule has 1 unspecified atom stereocenters. The van der Waals surface area contributed by atoms with Crippen molar-refractivity contribution in [3.8, 4) is 5.75 Å². The van der Waals surface area contributed by atoms with E-state index in [2.05, 4.69) is 53.7 Å². The van der Waals surface area contributed by atoms with Gasteiger partial charge < -0.3 is 14.7 Å². The Morgan fingerprint density at radius 2 is 1.91 bits per heavy atom. The predicted octanol–water partition coefficient (Wildman–Crippen LogP) is 2.74. The third kappa shape index (κ3) is 6.92. The van der Waals surface area contributed by atoms with Gasteiger partial charge in [-0.25, -0.2) is 0 Å². The van der Waals surface area contributed by atoms with Crippen molar-refractivity contribution in [2.75, 3.05) is 26.2 Å². The van der Waals surface area contributed by atoms with E-state index in [4.69, 9.17) is 4.74 Å². The number of nitrogens with one attached hydrogen (secondary N) is 1. The Labute approximate surface area is 142 Å². The standard InChI is InChI=1S/C20H35NO2/c1-7-9-12-21(8-2)14-18(22)15-23-19-11-10-17(13-16(19)3)20(4,5)6/h10-11,13,18,22H,7-9,12,14-15H2,1-6H3/p+1/t18-/m1/s1. The number of hydrogen-bond acceptors (Lipinski definition) is 2. The van der Waals surface area contributed by atoms with Crippen molar-refractivity contribution in [1.82, 2.24) is 0 Å². The summed E-state index contributed by atoms with van der Waals surface area (Å²) in [6.07, 6.45) is 2.00. The minimum Gasteiger partial charge on any atom is -0.490 e. The van der Waals surface area contributed by atoms with E-state index in [1.807, 2.05) is 6.07 Å². The summed E-state index contributed by atoms with van der Waals surface area (Å²) in [7, 11) is 0. The first-order valence-electron chi connectivity index (χ1n) is 9.03. The maximum Gasteiger partial charge on any atom is 0.137 e. The van der Waals surface area contributed by atoms with Crippen molar-refractivity contribution in [3.05, 3.63) is 29.3 Å². The largest absolute Gasteiger partial charge is 0.490 e. The Bertz CT molecular complexity index is 465. The number of benzene rings is 1. The summed E-state index contributed by atoms with van der Waals surface area (Å²) in [6.45, 7) is 16.4. The molecule has 0 spiro atoms. The summed E-state index contributed by atoms with van der Waals surface area (Å²) in [5.41, 5.74) is 2.59. The van der Waals surface area contributed by atoms with Crippen molar-refractivity contribution in [2.45, 2.75) is 65.9 Å². The second kappa shape index (κ2) is 9.29.